The molecule has 0 atom stereocenters. The summed E-state index contributed by atoms with van der Waals surface area (Å²) in [6.07, 6.45) is 8.78. The molecule has 3 aromatic rings. The highest BCUT2D eigenvalue weighted by Crippen LogP contribution is 2.25. The lowest BCUT2D eigenvalue weighted by atomic mass is 9.90. The van der Waals surface area contributed by atoms with E-state index in [-0.39, 0.29) is 5.91 Å². The van der Waals surface area contributed by atoms with Crippen LogP contribution in [0.25, 0.3) is 0 Å². The zero-order valence-corrected chi connectivity index (χ0v) is 16.5. The van der Waals surface area contributed by atoms with Crippen LogP contribution in [-0.2, 0) is 13.0 Å². The van der Waals surface area contributed by atoms with E-state index in [0.29, 0.717) is 12.2 Å². The summed E-state index contributed by atoms with van der Waals surface area (Å²) in [6.45, 7) is 2.54. The number of carbonyl (C=O) groups is 1. The molecule has 29 heavy (non-hydrogen) atoms. The fraction of sp³-hybridized carbons (Fsp3) is 0.292. The topological polar surface area (TPSA) is 58.1 Å². The molecule has 2 aromatic heterocycles. The number of aromatic nitrogens is 2. The predicted molar refractivity (Wildman–Crippen MR) is 115 cm³/mol. The summed E-state index contributed by atoms with van der Waals surface area (Å²) in [6, 6.07) is 18.3. The van der Waals surface area contributed by atoms with Gasteiger partial charge in [0, 0.05) is 32.0 Å². The second-order valence-electron chi connectivity index (χ2n) is 7.56. The van der Waals surface area contributed by atoms with Crippen molar-refractivity contribution in [2.45, 2.75) is 25.8 Å². The van der Waals surface area contributed by atoms with Crippen molar-refractivity contribution in [1.29, 1.82) is 0 Å². The van der Waals surface area contributed by atoms with Gasteiger partial charge in [-0.05, 0) is 60.6 Å². The molecule has 4 rings (SSSR count). The molecule has 0 radical (unpaired) electrons. The predicted octanol–water partition coefficient (Wildman–Crippen LogP) is 3.87. The molecule has 0 bridgehead atoms. The van der Waals surface area contributed by atoms with E-state index in [1.54, 1.807) is 12.4 Å². The number of nitrogens with zero attached hydrogens (tertiary/aromatic N) is 3. The quantitative estimate of drug-likeness (QED) is 0.699. The van der Waals surface area contributed by atoms with Gasteiger partial charge in [0.05, 0.1) is 11.9 Å². The van der Waals surface area contributed by atoms with Crippen LogP contribution >= 0.6 is 0 Å². The minimum absolute atomic E-state index is 0.157. The third-order valence-corrected chi connectivity index (χ3v) is 5.53. The van der Waals surface area contributed by atoms with Crippen LogP contribution in [0.2, 0.25) is 0 Å². The van der Waals surface area contributed by atoms with E-state index < -0.39 is 0 Å². The molecule has 0 unspecified atom stereocenters. The lowest BCUT2D eigenvalue weighted by Gasteiger charge is -2.33. The zero-order valence-electron chi connectivity index (χ0n) is 16.5. The van der Waals surface area contributed by atoms with Gasteiger partial charge < -0.3 is 10.2 Å². The van der Waals surface area contributed by atoms with Crippen LogP contribution in [0.3, 0.4) is 0 Å². The van der Waals surface area contributed by atoms with Gasteiger partial charge in [-0.15, -0.1) is 0 Å². The van der Waals surface area contributed by atoms with Crippen LogP contribution in [0, 0.1) is 5.92 Å². The fourth-order valence-electron chi connectivity index (χ4n) is 3.82. The van der Waals surface area contributed by atoms with Crippen molar-refractivity contribution in [2.75, 3.05) is 18.0 Å². The number of rotatable bonds is 6. The Bertz CT molecular complexity index is 905. The Hall–Kier alpha value is -3.21. The lowest BCUT2D eigenvalue weighted by molar-refractivity contribution is 0.0946. The Morgan fingerprint density at radius 1 is 0.966 bits per heavy atom. The van der Waals surface area contributed by atoms with Gasteiger partial charge in [0.2, 0.25) is 0 Å². The highest BCUT2D eigenvalue weighted by Gasteiger charge is 2.20. The van der Waals surface area contributed by atoms with E-state index >= 15 is 0 Å². The summed E-state index contributed by atoms with van der Waals surface area (Å²) in [5.74, 6) is 0.578. The Morgan fingerprint density at radius 2 is 1.72 bits per heavy atom. The van der Waals surface area contributed by atoms with Crippen LogP contribution in [0.15, 0.2) is 73.2 Å². The first kappa shape index (κ1) is 19.1. The smallest absolute Gasteiger partial charge is 0.270 e. The van der Waals surface area contributed by atoms with Crippen LogP contribution in [0.1, 0.15) is 34.5 Å². The molecule has 5 nitrogen and oxygen atoms in total. The van der Waals surface area contributed by atoms with Crippen molar-refractivity contribution >= 4 is 11.6 Å². The third-order valence-electron chi connectivity index (χ3n) is 5.53. The van der Waals surface area contributed by atoms with Gasteiger partial charge in [-0.1, -0.05) is 30.3 Å². The molecule has 1 aromatic carbocycles. The Morgan fingerprint density at radius 3 is 2.41 bits per heavy atom. The van der Waals surface area contributed by atoms with Crippen molar-refractivity contribution < 1.29 is 4.79 Å². The van der Waals surface area contributed by atoms with Crippen molar-refractivity contribution in [1.82, 2.24) is 15.3 Å². The maximum atomic E-state index is 12.3. The number of hydrogen-bond acceptors (Lipinski definition) is 4. The molecule has 1 fully saturated rings. The van der Waals surface area contributed by atoms with Crippen LogP contribution < -0.4 is 10.2 Å². The number of piperidine rings is 1. The lowest BCUT2D eigenvalue weighted by Crippen LogP contribution is -2.34. The normalized spacial score (nSPS) is 14.6. The molecule has 1 aliphatic heterocycles. The Labute approximate surface area is 171 Å². The number of carbonyl (C=O) groups excluding carboxylic acids is 1. The number of anilines is 1. The number of pyridine rings is 2. The highest BCUT2D eigenvalue weighted by molar-refractivity contribution is 5.92. The Kier molecular flexibility index (Phi) is 6.15. The van der Waals surface area contributed by atoms with Crippen molar-refractivity contribution in [3.8, 4) is 0 Å². The molecule has 1 N–H and O–H groups in total. The summed E-state index contributed by atoms with van der Waals surface area (Å²) in [5, 5.41) is 2.90. The molecular formula is C24H26N4O. The van der Waals surface area contributed by atoms with E-state index in [0.717, 1.165) is 36.7 Å². The van der Waals surface area contributed by atoms with E-state index in [1.165, 1.54) is 18.4 Å². The minimum Gasteiger partial charge on any atom is -0.370 e. The molecule has 1 aliphatic rings. The molecule has 5 heteroatoms. The Balaban J connectivity index is 1.27. The summed E-state index contributed by atoms with van der Waals surface area (Å²) in [7, 11) is 0. The van der Waals surface area contributed by atoms with E-state index in [2.05, 4.69) is 50.5 Å². The van der Waals surface area contributed by atoms with Gasteiger partial charge in [0.1, 0.15) is 5.69 Å². The number of hydrogen-bond donors (Lipinski definition) is 1. The van der Waals surface area contributed by atoms with Crippen LogP contribution in [-0.4, -0.2) is 29.0 Å². The van der Waals surface area contributed by atoms with E-state index in [9.17, 15) is 4.79 Å². The average Bonchev–Trinajstić information content (AvgIpc) is 2.79. The van der Waals surface area contributed by atoms with Gasteiger partial charge in [0.25, 0.3) is 5.91 Å². The first-order chi connectivity index (χ1) is 14.3. The molecular weight excluding hydrogens is 360 g/mol. The zero-order chi connectivity index (χ0) is 19.9. The second kappa shape index (κ2) is 9.32. The maximum absolute atomic E-state index is 12.3. The van der Waals surface area contributed by atoms with Crippen molar-refractivity contribution in [3.63, 3.8) is 0 Å². The van der Waals surface area contributed by atoms with Gasteiger partial charge in [-0.25, -0.2) is 4.98 Å². The molecule has 3 heterocycles. The molecule has 1 saturated heterocycles. The van der Waals surface area contributed by atoms with Crippen LogP contribution in [0.4, 0.5) is 5.69 Å². The van der Waals surface area contributed by atoms with Gasteiger partial charge in [-0.2, -0.15) is 0 Å². The SMILES string of the molecule is O=C(NCc1ccncc1)c1ccc(N2CCC(Cc3ccccc3)CC2)cn1. The highest BCUT2D eigenvalue weighted by atomic mass is 16.1. The summed E-state index contributed by atoms with van der Waals surface area (Å²) in [4.78, 5) is 23.1. The van der Waals surface area contributed by atoms with Gasteiger partial charge >= 0.3 is 0 Å². The van der Waals surface area contributed by atoms with Crippen LogP contribution in [0.5, 0.6) is 0 Å². The number of benzene rings is 1. The van der Waals surface area contributed by atoms with Gasteiger partial charge in [-0.3, -0.25) is 9.78 Å². The van der Waals surface area contributed by atoms with Crippen molar-refractivity contribution in [3.05, 3.63) is 90.0 Å². The summed E-state index contributed by atoms with van der Waals surface area (Å²) < 4.78 is 0. The molecule has 0 saturated carbocycles. The molecule has 1 amide bonds. The van der Waals surface area contributed by atoms with E-state index in [1.807, 2.05) is 30.5 Å². The number of amides is 1. The molecule has 0 spiro atoms. The number of nitrogens with one attached hydrogen (secondary N) is 1. The van der Waals surface area contributed by atoms with Crippen molar-refractivity contribution in [2.24, 2.45) is 5.92 Å². The monoisotopic (exact) mass is 386 g/mol. The van der Waals surface area contributed by atoms with E-state index in [4.69, 9.17) is 0 Å². The summed E-state index contributed by atoms with van der Waals surface area (Å²) in [5.41, 5.74) is 3.98. The largest absolute Gasteiger partial charge is 0.370 e. The first-order valence-corrected chi connectivity index (χ1v) is 10.2. The second-order valence-corrected chi connectivity index (χ2v) is 7.56. The third kappa shape index (κ3) is 5.19. The maximum Gasteiger partial charge on any atom is 0.270 e. The fourth-order valence-corrected chi connectivity index (χ4v) is 3.82. The summed E-state index contributed by atoms with van der Waals surface area (Å²) >= 11 is 0. The average molecular weight is 386 g/mol. The molecule has 148 valence electrons. The minimum atomic E-state index is -0.157. The van der Waals surface area contributed by atoms with Gasteiger partial charge in [0.15, 0.2) is 0 Å². The first-order valence-electron chi connectivity index (χ1n) is 10.2. The standard InChI is InChI=1S/C24H26N4O/c29-24(27-17-21-8-12-25-13-9-21)23-7-6-22(18-26-23)28-14-10-20(11-15-28)16-19-4-2-1-3-5-19/h1-9,12-13,18,20H,10-11,14-17H2,(H,27,29). The molecule has 0 aliphatic carbocycles.